The third kappa shape index (κ3) is 6.09. The van der Waals surface area contributed by atoms with Gasteiger partial charge in [-0.1, -0.05) is 40.0 Å². The van der Waals surface area contributed by atoms with Crippen molar-refractivity contribution in [2.24, 2.45) is 0 Å². The van der Waals surface area contributed by atoms with Crippen LogP contribution in [0.25, 0.3) is 0 Å². The van der Waals surface area contributed by atoms with E-state index >= 15 is 0 Å². The largest absolute Gasteiger partial charge is 0.303 e. The maximum absolute atomic E-state index is 2.52. The number of hydrogen-bond donors (Lipinski definition) is 0. The minimum Gasteiger partial charge on any atom is -0.303 e. The monoisotopic (exact) mass is 185 g/mol. The summed E-state index contributed by atoms with van der Waals surface area (Å²) in [7, 11) is 2.27. The van der Waals surface area contributed by atoms with E-state index in [0.29, 0.717) is 0 Å². The van der Waals surface area contributed by atoms with Crippen molar-refractivity contribution in [3.05, 3.63) is 0 Å². The number of rotatable bonds is 8. The van der Waals surface area contributed by atoms with Gasteiger partial charge in [-0.05, 0) is 32.9 Å². The highest BCUT2D eigenvalue weighted by Crippen LogP contribution is 2.11. The lowest BCUT2D eigenvalue weighted by atomic mass is 10.0. The second-order valence-corrected chi connectivity index (χ2v) is 4.04. The highest BCUT2D eigenvalue weighted by atomic mass is 15.1. The van der Waals surface area contributed by atoms with E-state index in [0.717, 1.165) is 6.04 Å². The highest BCUT2D eigenvalue weighted by molar-refractivity contribution is 4.66. The first-order valence-corrected chi connectivity index (χ1v) is 5.96. The Balaban J connectivity index is 3.60. The molecular formula is C12H27N. The van der Waals surface area contributed by atoms with Gasteiger partial charge in [0, 0.05) is 6.04 Å². The fourth-order valence-electron chi connectivity index (χ4n) is 1.90. The molecule has 0 aliphatic rings. The van der Waals surface area contributed by atoms with Crippen LogP contribution in [0.4, 0.5) is 0 Å². The summed E-state index contributed by atoms with van der Waals surface area (Å²) in [6, 6.07) is 0.825. The Labute approximate surface area is 84.5 Å². The molecule has 0 saturated heterocycles. The zero-order valence-electron chi connectivity index (χ0n) is 9.97. The molecule has 80 valence electrons. The molecular weight excluding hydrogens is 158 g/mol. The van der Waals surface area contributed by atoms with Gasteiger partial charge in [0.25, 0.3) is 0 Å². The summed E-state index contributed by atoms with van der Waals surface area (Å²) >= 11 is 0. The van der Waals surface area contributed by atoms with Crippen molar-refractivity contribution in [2.75, 3.05) is 13.6 Å². The van der Waals surface area contributed by atoms with Crippen molar-refractivity contribution < 1.29 is 0 Å². The van der Waals surface area contributed by atoms with Gasteiger partial charge >= 0.3 is 0 Å². The van der Waals surface area contributed by atoms with Crippen LogP contribution in [0.2, 0.25) is 0 Å². The SMILES string of the molecule is CCCCC[C@H](CC)N(C)CCC. The fourth-order valence-corrected chi connectivity index (χ4v) is 1.90. The van der Waals surface area contributed by atoms with Crippen molar-refractivity contribution in [1.29, 1.82) is 0 Å². The van der Waals surface area contributed by atoms with E-state index in [2.05, 4.69) is 32.7 Å². The predicted octanol–water partition coefficient (Wildman–Crippen LogP) is 3.69. The molecule has 0 rings (SSSR count). The van der Waals surface area contributed by atoms with Gasteiger partial charge < -0.3 is 4.90 Å². The zero-order chi connectivity index (χ0) is 10.1. The Morgan fingerprint density at radius 1 is 1.00 bits per heavy atom. The van der Waals surface area contributed by atoms with Gasteiger partial charge in [0.05, 0.1) is 0 Å². The van der Waals surface area contributed by atoms with Gasteiger partial charge in [0.1, 0.15) is 0 Å². The van der Waals surface area contributed by atoms with Gasteiger partial charge in [-0.15, -0.1) is 0 Å². The van der Waals surface area contributed by atoms with Crippen LogP contribution < -0.4 is 0 Å². The maximum atomic E-state index is 2.52. The van der Waals surface area contributed by atoms with Crippen molar-refractivity contribution in [1.82, 2.24) is 4.90 Å². The molecule has 0 unspecified atom stereocenters. The lowest BCUT2D eigenvalue weighted by Gasteiger charge is -2.26. The lowest BCUT2D eigenvalue weighted by Crippen LogP contribution is -2.31. The highest BCUT2D eigenvalue weighted by Gasteiger charge is 2.10. The Morgan fingerprint density at radius 3 is 2.15 bits per heavy atom. The quantitative estimate of drug-likeness (QED) is 0.521. The van der Waals surface area contributed by atoms with E-state index < -0.39 is 0 Å². The summed E-state index contributed by atoms with van der Waals surface area (Å²) in [5.74, 6) is 0. The summed E-state index contributed by atoms with van der Waals surface area (Å²) in [4.78, 5) is 2.52. The lowest BCUT2D eigenvalue weighted by molar-refractivity contribution is 0.220. The molecule has 0 saturated carbocycles. The third-order valence-electron chi connectivity index (χ3n) is 2.81. The standard InChI is InChI=1S/C12H27N/c1-5-8-9-10-12(7-3)13(4)11-6-2/h12H,5-11H2,1-4H3/t12-/m0/s1. The van der Waals surface area contributed by atoms with Crippen molar-refractivity contribution in [3.63, 3.8) is 0 Å². The molecule has 1 heteroatoms. The zero-order valence-corrected chi connectivity index (χ0v) is 9.97. The average Bonchev–Trinajstić information content (AvgIpc) is 2.13. The van der Waals surface area contributed by atoms with E-state index in [1.807, 2.05) is 0 Å². The maximum Gasteiger partial charge on any atom is 0.00895 e. The van der Waals surface area contributed by atoms with E-state index in [4.69, 9.17) is 0 Å². The Hall–Kier alpha value is -0.0400. The first kappa shape index (κ1) is 13.0. The summed E-state index contributed by atoms with van der Waals surface area (Å²) < 4.78 is 0. The van der Waals surface area contributed by atoms with E-state index in [-0.39, 0.29) is 0 Å². The molecule has 0 heterocycles. The van der Waals surface area contributed by atoms with Gasteiger partial charge in [-0.3, -0.25) is 0 Å². The van der Waals surface area contributed by atoms with Crippen LogP contribution >= 0.6 is 0 Å². The van der Waals surface area contributed by atoms with Gasteiger partial charge in [0.2, 0.25) is 0 Å². The third-order valence-corrected chi connectivity index (χ3v) is 2.81. The molecule has 0 fully saturated rings. The Bertz CT molecular complexity index is 101. The van der Waals surface area contributed by atoms with Crippen LogP contribution in [0.3, 0.4) is 0 Å². The van der Waals surface area contributed by atoms with E-state index in [9.17, 15) is 0 Å². The summed E-state index contributed by atoms with van der Waals surface area (Å²) in [5, 5.41) is 0. The molecule has 0 aliphatic carbocycles. The molecule has 0 amide bonds. The van der Waals surface area contributed by atoms with Crippen LogP contribution in [-0.4, -0.2) is 24.5 Å². The molecule has 0 aromatic carbocycles. The van der Waals surface area contributed by atoms with Gasteiger partial charge in [-0.25, -0.2) is 0 Å². The molecule has 0 aliphatic heterocycles. The van der Waals surface area contributed by atoms with Gasteiger partial charge in [0.15, 0.2) is 0 Å². The minimum absolute atomic E-state index is 0.825. The van der Waals surface area contributed by atoms with Crippen molar-refractivity contribution in [2.45, 2.75) is 65.3 Å². The summed E-state index contributed by atoms with van der Waals surface area (Å²) in [6.07, 6.45) is 8.12. The Kier molecular flexibility index (Phi) is 8.53. The molecule has 0 N–H and O–H groups in total. The predicted molar refractivity (Wildman–Crippen MR) is 61.1 cm³/mol. The molecule has 0 spiro atoms. The topological polar surface area (TPSA) is 3.24 Å². The first-order chi connectivity index (χ1) is 6.26. The summed E-state index contributed by atoms with van der Waals surface area (Å²) in [6.45, 7) is 8.10. The normalized spacial score (nSPS) is 13.6. The second kappa shape index (κ2) is 8.55. The average molecular weight is 185 g/mol. The number of unbranched alkanes of at least 4 members (excludes halogenated alkanes) is 2. The van der Waals surface area contributed by atoms with Crippen LogP contribution in [0.1, 0.15) is 59.3 Å². The molecule has 0 radical (unpaired) electrons. The first-order valence-electron chi connectivity index (χ1n) is 5.96. The number of nitrogens with zero attached hydrogens (tertiary/aromatic N) is 1. The second-order valence-electron chi connectivity index (χ2n) is 4.04. The van der Waals surface area contributed by atoms with Crippen LogP contribution in [0.15, 0.2) is 0 Å². The van der Waals surface area contributed by atoms with Crippen LogP contribution in [0, 0.1) is 0 Å². The smallest absolute Gasteiger partial charge is 0.00895 e. The van der Waals surface area contributed by atoms with Crippen LogP contribution in [0.5, 0.6) is 0 Å². The summed E-state index contributed by atoms with van der Waals surface area (Å²) in [5.41, 5.74) is 0. The van der Waals surface area contributed by atoms with Crippen LogP contribution in [-0.2, 0) is 0 Å². The fraction of sp³-hybridized carbons (Fsp3) is 1.00. The molecule has 1 atom stereocenters. The Morgan fingerprint density at radius 2 is 1.69 bits per heavy atom. The minimum atomic E-state index is 0.825. The molecule has 13 heavy (non-hydrogen) atoms. The van der Waals surface area contributed by atoms with Crippen molar-refractivity contribution in [3.8, 4) is 0 Å². The van der Waals surface area contributed by atoms with Gasteiger partial charge in [-0.2, -0.15) is 0 Å². The van der Waals surface area contributed by atoms with Crippen molar-refractivity contribution >= 4 is 0 Å². The molecule has 0 aromatic rings. The molecule has 0 aromatic heterocycles. The molecule has 1 nitrogen and oxygen atoms in total. The van der Waals surface area contributed by atoms with E-state index in [1.165, 1.54) is 45.1 Å². The number of hydrogen-bond acceptors (Lipinski definition) is 1. The molecule has 0 bridgehead atoms. The van der Waals surface area contributed by atoms with E-state index in [1.54, 1.807) is 0 Å².